The van der Waals surface area contributed by atoms with Gasteiger partial charge in [0.05, 0.1) is 23.6 Å². The van der Waals surface area contributed by atoms with Crippen LogP contribution < -0.4 is 10.2 Å². The average molecular weight is 375 g/mol. The van der Waals surface area contributed by atoms with Gasteiger partial charge in [-0.1, -0.05) is 18.1 Å². The number of halogens is 1. The van der Waals surface area contributed by atoms with Crippen LogP contribution in [0.2, 0.25) is 0 Å². The van der Waals surface area contributed by atoms with Gasteiger partial charge in [0.1, 0.15) is 17.1 Å². The molecule has 0 radical (unpaired) electrons. The van der Waals surface area contributed by atoms with Crippen molar-refractivity contribution in [2.24, 2.45) is 0 Å². The first-order valence-electron chi connectivity index (χ1n) is 9.31. The van der Waals surface area contributed by atoms with Crippen LogP contribution in [-0.2, 0) is 17.7 Å². The van der Waals surface area contributed by atoms with Crippen molar-refractivity contribution in [3.8, 4) is 0 Å². The number of aryl methyl sites for hydroxylation is 2. The smallest absolute Gasteiger partial charge is 0.257 e. The summed E-state index contributed by atoms with van der Waals surface area (Å²) in [5.41, 5.74) is 2.36. The Labute approximate surface area is 158 Å². The zero-order valence-corrected chi connectivity index (χ0v) is 16.2. The van der Waals surface area contributed by atoms with Crippen LogP contribution in [0, 0.1) is 12.7 Å². The Balaban J connectivity index is 1.67. The summed E-state index contributed by atoms with van der Waals surface area (Å²) in [4.78, 5) is 14.4. The van der Waals surface area contributed by atoms with E-state index in [2.05, 4.69) is 10.5 Å². The molecule has 0 unspecified atom stereocenters. The first-order chi connectivity index (χ1) is 12.9. The van der Waals surface area contributed by atoms with Crippen molar-refractivity contribution >= 4 is 11.6 Å². The second-order valence-electron chi connectivity index (χ2n) is 7.04. The van der Waals surface area contributed by atoms with E-state index in [0.717, 1.165) is 0 Å². The van der Waals surface area contributed by atoms with Crippen molar-refractivity contribution in [3.05, 3.63) is 46.6 Å². The number of anilines is 1. The quantitative estimate of drug-likeness (QED) is 0.869. The number of amides is 1. The SMILES string of the molecule is CCc1noc(C)c1C(=O)NCc1ccc(N2C[C@H](C)O[C@@H](C)C2)c(F)c1. The summed E-state index contributed by atoms with van der Waals surface area (Å²) in [6, 6.07) is 5.08. The Morgan fingerprint density at radius 3 is 2.67 bits per heavy atom. The van der Waals surface area contributed by atoms with E-state index < -0.39 is 0 Å². The molecule has 0 aliphatic carbocycles. The topological polar surface area (TPSA) is 67.6 Å². The van der Waals surface area contributed by atoms with Gasteiger partial charge in [-0.05, 0) is 44.9 Å². The number of hydrogen-bond donors (Lipinski definition) is 1. The maximum absolute atomic E-state index is 14.6. The predicted molar refractivity (Wildman–Crippen MR) is 100 cm³/mol. The van der Waals surface area contributed by atoms with Gasteiger partial charge >= 0.3 is 0 Å². The molecule has 0 bridgehead atoms. The minimum Gasteiger partial charge on any atom is -0.372 e. The Hall–Kier alpha value is -2.41. The number of carbonyl (C=O) groups is 1. The Morgan fingerprint density at radius 1 is 1.33 bits per heavy atom. The number of benzene rings is 1. The van der Waals surface area contributed by atoms with E-state index in [1.165, 1.54) is 6.07 Å². The second-order valence-corrected chi connectivity index (χ2v) is 7.04. The molecule has 1 aliphatic heterocycles. The summed E-state index contributed by atoms with van der Waals surface area (Å²) in [5.74, 6) is -0.0641. The van der Waals surface area contributed by atoms with Crippen LogP contribution in [0.25, 0.3) is 0 Å². The van der Waals surface area contributed by atoms with Crippen molar-refractivity contribution in [3.63, 3.8) is 0 Å². The average Bonchev–Trinajstić information content (AvgIpc) is 2.99. The number of nitrogens with one attached hydrogen (secondary N) is 1. The second kappa shape index (κ2) is 8.08. The molecule has 0 spiro atoms. The largest absolute Gasteiger partial charge is 0.372 e. The molecule has 1 N–H and O–H groups in total. The van der Waals surface area contributed by atoms with Crippen molar-refractivity contribution < 1.29 is 18.4 Å². The highest BCUT2D eigenvalue weighted by atomic mass is 19.1. The highest BCUT2D eigenvalue weighted by Crippen LogP contribution is 2.24. The molecule has 1 amide bonds. The van der Waals surface area contributed by atoms with Gasteiger partial charge in [-0.2, -0.15) is 0 Å². The molecule has 1 aromatic heterocycles. The maximum Gasteiger partial charge on any atom is 0.257 e. The van der Waals surface area contributed by atoms with E-state index >= 15 is 0 Å². The zero-order valence-electron chi connectivity index (χ0n) is 16.2. The van der Waals surface area contributed by atoms with E-state index in [-0.39, 0.29) is 30.5 Å². The summed E-state index contributed by atoms with van der Waals surface area (Å²) in [5, 5.41) is 6.71. The van der Waals surface area contributed by atoms with Gasteiger partial charge in [0.15, 0.2) is 0 Å². The third-order valence-electron chi connectivity index (χ3n) is 4.72. The van der Waals surface area contributed by atoms with Crippen LogP contribution in [0.1, 0.15) is 48.1 Å². The molecule has 1 aliphatic rings. The summed E-state index contributed by atoms with van der Waals surface area (Å²) in [6.45, 7) is 9.15. The van der Waals surface area contributed by atoms with E-state index in [4.69, 9.17) is 9.26 Å². The molecule has 3 rings (SSSR count). The lowest BCUT2D eigenvalue weighted by molar-refractivity contribution is -0.00539. The molecular weight excluding hydrogens is 349 g/mol. The number of nitrogens with zero attached hydrogens (tertiary/aromatic N) is 2. The van der Waals surface area contributed by atoms with Crippen LogP contribution in [-0.4, -0.2) is 36.4 Å². The lowest BCUT2D eigenvalue weighted by Gasteiger charge is -2.37. The third-order valence-corrected chi connectivity index (χ3v) is 4.72. The molecule has 2 atom stereocenters. The molecule has 1 fully saturated rings. The monoisotopic (exact) mass is 375 g/mol. The fourth-order valence-corrected chi connectivity index (χ4v) is 3.51. The van der Waals surface area contributed by atoms with Crippen LogP contribution in [0.15, 0.2) is 22.7 Å². The Morgan fingerprint density at radius 2 is 2.04 bits per heavy atom. The molecular formula is C20H26FN3O3. The normalized spacial score (nSPS) is 20.0. The molecule has 7 heteroatoms. The van der Waals surface area contributed by atoms with Crippen molar-refractivity contribution in [1.29, 1.82) is 0 Å². The van der Waals surface area contributed by atoms with Gasteiger partial charge in [0.25, 0.3) is 5.91 Å². The van der Waals surface area contributed by atoms with Gasteiger partial charge in [0.2, 0.25) is 0 Å². The van der Waals surface area contributed by atoms with E-state index in [1.807, 2.05) is 31.7 Å². The van der Waals surface area contributed by atoms with E-state index in [9.17, 15) is 9.18 Å². The van der Waals surface area contributed by atoms with E-state index in [1.54, 1.807) is 13.0 Å². The Bertz CT molecular complexity index is 811. The predicted octanol–water partition coefficient (Wildman–Crippen LogP) is 3.23. The minimum atomic E-state index is -0.293. The molecule has 146 valence electrons. The molecule has 2 aromatic rings. The number of morpholine rings is 1. The summed E-state index contributed by atoms with van der Waals surface area (Å²) in [7, 11) is 0. The van der Waals surface area contributed by atoms with Gasteiger partial charge in [-0.15, -0.1) is 0 Å². The summed E-state index contributed by atoms with van der Waals surface area (Å²) >= 11 is 0. The maximum atomic E-state index is 14.6. The molecule has 2 heterocycles. The van der Waals surface area contributed by atoms with Gasteiger partial charge < -0.3 is 19.5 Å². The van der Waals surface area contributed by atoms with Crippen LogP contribution in [0.4, 0.5) is 10.1 Å². The molecule has 0 saturated carbocycles. The summed E-state index contributed by atoms with van der Waals surface area (Å²) < 4.78 is 25.4. The van der Waals surface area contributed by atoms with Gasteiger partial charge in [0, 0.05) is 19.6 Å². The zero-order chi connectivity index (χ0) is 19.6. The number of ether oxygens (including phenoxy) is 1. The summed E-state index contributed by atoms with van der Waals surface area (Å²) in [6.07, 6.45) is 0.734. The van der Waals surface area contributed by atoms with E-state index in [0.29, 0.717) is 47.8 Å². The molecule has 1 aromatic carbocycles. The lowest BCUT2D eigenvalue weighted by Crippen LogP contribution is -2.45. The molecule has 27 heavy (non-hydrogen) atoms. The Kier molecular flexibility index (Phi) is 5.79. The minimum absolute atomic E-state index is 0.0617. The van der Waals surface area contributed by atoms with Crippen molar-refractivity contribution in [2.45, 2.75) is 52.9 Å². The molecule has 1 saturated heterocycles. The van der Waals surface area contributed by atoms with Crippen molar-refractivity contribution in [2.75, 3.05) is 18.0 Å². The lowest BCUT2D eigenvalue weighted by atomic mass is 10.1. The fraction of sp³-hybridized carbons (Fsp3) is 0.500. The van der Waals surface area contributed by atoms with Crippen molar-refractivity contribution in [1.82, 2.24) is 10.5 Å². The standard InChI is InChI=1S/C20H26FN3O3/c1-5-17-19(14(4)27-23-17)20(25)22-9-15-6-7-18(16(21)8-15)24-10-12(2)26-13(3)11-24/h6-8,12-13H,5,9-11H2,1-4H3,(H,22,25)/t12-,13-/m0/s1. The van der Waals surface area contributed by atoms with Crippen LogP contribution in [0.5, 0.6) is 0 Å². The number of rotatable bonds is 5. The fourth-order valence-electron chi connectivity index (χ4n) is 3.51. The first kappa shape index (κ1) is 19.4. The molecule has 6 nitrogen and oxygen atoms in total. The number of carbonyl (C=O) groups excluding carboxylic acids is 1. The van der Waals surface area contributed by atoms with Crippen LogP contribution >= 0.6 is 0 Å². The highest BCUT2D eigenvalue weighted by molar-refractivity contribution is 5.96. The van der Waals surface area contributed by atoms with Gasteiger partial charge in [-0.25, -0.2) is 4.39 Å². The van der Waals surface area contributed by atoms with Crippen LogP contribution in [0.3, 0.4) is 0 Å². The number of aromatic nitrogens is 1. The first-order valence-corrected chi connectivity index (χ1v) is 9.31. The number of hydrogen-bond acceptors (Lipinski definition) is 5. The van der Waals surface area contributed by atoms with Gasteiger partial charge in [-0.3, -0.25) is 4.79 Å². The highest BCUT2D eigenvalue weighted by Gasteiger charge is 2.24. The third kappa shape index (κ3) is 4.30.